The SMILES string of the molecule is COc1ncc(C2CC2)c2c(N3CCNCC3)nc(-c3ccnc(Nc4ccc(Cl)cc4F)c3)nc12. The molecule has 184 valence electrons. The van der Waals surface area contributed by atoms with Crippen LogP contribution >= 0.6 is 11.6 Å². The van der Waals surface area contributed by atoms with E-state index in [1.54, 1.807) is 31.5 Å². The van der Waals surface area contributed by atoms with E-state index in [1.165, 1.54) is 11.6 Å². The molecule has 0 radical (unpaired) electrons. The molecular weight excluding hydrogens is 481 g/mol. The van der Waals surface area contributed by atoms with Crippen LogP contribution in [-0.2, 0) is 0 Å². The van der Waals surface area contributed by atoms with Crippen LogP contribution < -0.4 is 20.3 Å². The summed E-state index contributed by atoms with van der Waals surface area (Å²) in [6.07, 6.45) is 5.86. The fraction of sp³-hybridized carbons (Fsp3) is 0.308. The summed E-state index contributed by atoms with van der Waals surface area (Å²) in [7, 11) is 1.61. The van der Waals surface area contributed by atoms with Gasteiger partial charge in [0.1, 0.15) is 23.0 Å². The summed E-state index contributed by atoms with van der Waals surface area (Å²) in [5, 5.41) is 7.79. The van der Waals surface area contributed by atoms with Gasteiger partial charge in [-0.1, -0.05) is 11.6 Å². The highest BCUT2D eigenvalue weighted by atomic mass is 35.5. The van der Waals surface area contributed by atoms with Gasteiger partial charge in [0.15, 0.2) is 5.82 Å². The van der Waals surface area contributed by atoms with E-state index in [4.69, 9.17) is 26.3 Å². The van der Waals surface area contributed by atoms with Crippen molar-refractivity contribution in [1.82, 2.24) is 25.3 Å². The van der Waals surface area contributed by atoms with Gasteiger partial charge in [0.25, 0.3) is 0 Å². The molecule has 10 heteroatoms. The molecule has 0 unspecified atom stereocenters. The molecule has 1 aliphatic carbocycles. The summed E-state index contributed by atoms with van der Waals surface area (Å²) >= 11 is 5.89. The molecule has 6 rings (SSSR count). The zero-order chi connectivity index (χ0) is 24.6. The Bertz CT molecular complexity index is 1440. The number of aromatic nitrogens is 4. The minimum atomic E-state index is -0.457. The van der Waals surface area contributed by atoms with Gasteiger partial charge in [-0.3, -0.25) is 0 Å². The molecule has 3 aromatic heterocycles. The minimum Gasteiger partial charge on any atom is -0.479 e. The number of methoxy groups -OCH3 is 1. The molecule has 0 atom stereocenters. The topological polar surface area (TPSA) is 88.1 Å². The number of ether oxygens (including phenoxy) is 1. The van der Waals surface area contributed by atoms with Gasteiger partial charge in [-0.05, 0) is 54.7 Å². The van der Waals surface area contributed by atoms with E-state index in [2.05, 4.69) is 25.5 Å². The van der Waals surface area contributed by atoms with Gasteiger partial charge in [0.05, 0.1) is 18.2 Å². The molecule has 2 N–H and O–H groups in total. The van der Waals surface area contributed by atoms with E-state index in [1.807, 2.05) is 12.3 Å². The van der Waals surface area contributed by atoms with E-state index >= 15 is 0 Å². The van der Waals surface area contributed by atoms with Crippen molar-refractivity contribution in [2.45, 2.75) is 18.8 Å². The summed E-state index contributed by atoms with van der Waals surface area (Å²) < 4.78 is 20.0. The van der Waals surface area contributed by atoms with E-state index in [9.17, 15) is 4.39 Å². The lowest BCUT2D eigenvalue weighted by molar-refractivity contribution is 0.402. The van der Waals surface area contributed by atoms with E-state index in [0.29, 0.717) is 34.0 Å². The molecule has 2 fully saturated rings. The van der Waals surface area contributed by atoms with Crippen LogP contribution in [0, 0.1) is 5.82 Å². The average Bonchev–Trinajstić information content (AvgIpc) is 3.75. The Hall–Kier alpha value is -3.56. The Morgan fingerprint density at radius 3 is 2.69 bits per heavy atom. The zero-order valence-electron chi connectivity index (χ0n) is 19.8. The van der Waals surface area contributed by atoms with Crippen molar-refractivity contribution in [3.8, 4) is 17.3 Å². The average molecular weight is 506 g/mol. The molecule has 36 heavy (non-hydrogen) atoms. The maximum Gasteiger partial charge on any atom is 0.240 e. The first kappa shape index (κ1) is 22.9. The van der Waals surface area contributed by atoms with Gasteiger partial charge in [-0.25, -0.2) is 24.3 Å². The summed E-state index contributed by atoms with van der Waals surface area (Å²) in [4.78, 5) is 21.2. The Labute approximate surface area is 212 Å². The Kier molecular flexibility index (Phi) is 6.02. The maximum absolute atomic E-state index is 14.4. The minimum absolute atomic E-state index is 0.282. The first-order valence-corrected chi connectivity index (χ1v) is 12.4. The van der Waals surface area contributed by atoms with Gasteiger partial charge in [-0.2, -0.15) is 0 Å². The van der Waals surface area contributed by atoms with Gasteiger partial charge < -0.3 is 20.3 Å². The third kappa shape index (κ3) is 4.40. The van der Waals surface area contributed by atoms with Crippen molar-refractivity contribution < 1.29 is 9.13 Å². The Morgan fingerprint density at radius 2 is 1.94 bits per heavy atom. The van der Waals surface area contributed by atoms with Gasteiger partial charge in [-0.15, -0.1) is 0 Å². The van der Waals surface area contributed by atoms with Gasteiger partial charge >= 0.3 is 0 Å². The highest BCUT2D eigenvalue weighted by Crippen LogP contribution is 2.46. The first-order chi connectivity index (χ1) is 17.6. The number of pyridine rings is 2. The first-order valence-electron chi connectivity index (χ1n) is 12.0. The van der Waals surface area contributed by atoms with Crippen molar-refractivity contribution in [2.24, 2.45) is 0 Å². The second-order valence-electron chi connectivity index (χ2n) is 9.01. The number of rotatable bonds is 6. The number of fused-ring (bicyclic) bond motifs is 1. The molecule has 4 aromatic rings. The summed E-state index contributed by atoms with van der Waals surface area (Å²) in [5.41, 5.74) is 2.92. The summed E-state index contributed by atoms with van der Waals surface area (Å²) in [6, 6.07) is 8.12. The van der Waals surface area contributed by atoms with Crippen LogP contribution in [0.2, 0.25) is 5.02 Å². The van der Waals surface area contributed by atoms with Gasteiger partial charge in [0, 0.05) is 49.2 Å². The molecule has 2 aliphatic rings. The van der Waals surface area contributed by atoms with Gasteiger partial charge in [0.2, 0.25) is 5.88 Å². The quantitative estimate of drug-likeness (QED) is 0.382. The molecule has 0 spiro atoms. The third-order valence-electron chi connectivity index (χ3n) is 6.54. The van der Waals surface area contributed by atoms with Crippen molar-refractivity contribution in [2.75, 3.05) is 43.5 Å². The maximum atomic E-state index is 14.4. The van der Waals surface area contributed by atoms with Crippen molar-refractivity contribution in [3.63, 3.8) is 0 Å². The lowest BCUT2D eigenvalue weighted by Crippen LogP contribution is -2.44. The summed E-state index contributed by atoms with van der Waals surface area (Å²) in [6.45, 7) is 3.47. The molecule has 1 aromatic carbocycles. The third-order valence-corrected chi connectivity index (χ3v) is 6.78. The highest BCUT2D eigenvalue weighted by Gasteiger charge is 2.30. The highest BCUT2D eigenvalue weighted by molar-refractivity contribution is 6.30. The smallest absolute Gasteiger partial charge is 0.240 e. The molecule has 4 heterocycles. The molecule has 1 aliphatic heterocycles. The zero-order valence-corrected chi connectivity index (χ0v) is 20.5. The Morgan fingerprint density at radius 1 is 1.11 bits per heavy atom. The largest absolute Gasteiger partial charge is 0.479 e. The number of halogens is 2. The van der Waals surface area contributed by atoms with Crippen LogP contribution in [0.25, 0.3) is 22.3 Å². The van der Waals surface area contributed by atoms with Crippen LogP contribution in [0.5, 0.6) is 5.88 Å². The normalized spacial score (nSPS) is 15.8. The standard InChI is InChI=1S/C26H25ClFN7O/c1-36-26-23-22(18(14-31-26)15-2-3-15)25(35-10-8-29-9-11-35)34-24(33-23)16-6-7-30-21(12-16)32-20-5-4-17(27)13-19(20)28/h4-7,12-15,29H,2-3,8-11H2,1H3,(H,30,32). The predicted octanol–water partition coefficient (Wildman–Crippen LogP) is 4.92. The lowest BCUT2D eigenvalue weighted by atomic mass is 10.1. The number of anilines is 3. The molecule has 0 bridgehead atoms. The fourth-order valence-electron chi connectivity index (χ4n) is 4.58. The number of hydrogen-bond acceptors (Lipinski definition) is 8. The molecule has 1 saturated heterocycles. The number of nitrogens with one attached hydrogen (secondary N) is 2. The second kappa shape index (κ2) is 9.48. The van der Waals surface area contributed by atoms with Crippen molar-refractivity contribution in [3.05, 3.63) is 59.1 Å². The number of piperazine rings is 1. The fourth-order valence-corrected chi connectivity index (χ4v) is 4.74. The number of nitrogens with zero attached hydrogens (tertiary/aromatic N) is 5. The van der Waals surface area contributed by atoms with Crippen LogP contribution in [-0.4, -0.2) is 53.2 Å². The van der Waals surface area contributed by atoms with Crippen LogP contribution in [0.3, 0.4) is 0 Å². The van der Waals surface area contributed by atoms with Crippen molar-refractivity contribution in [1.29, 1.82) is 0 Å². The van der Waals surface area contributed by atoms with Crippen molar-refractivity contribution >= 4 is 39.8 Å². The second-order valence-corrected chi connectivity index (χ2v) is 9.44. The predicted molar refractivity (Wildman–Crippen MR) is 139 cm³/mol. The van der Waals surface area contributed by atoms with Crippen LogP contribution in [0.15, 0.2) is 42.7 Å². The Balaban J connectivity index is 1.48. The number of hydrogen-bond donors (Lipinski definition) is 2. The van der Waals surface area contributed by atoms with E-state index in [-0.39, 0.29) is 5.69 Å². The van der Waals surface area contributed by atoms with Crippen LogP contribution in [0.1, 0.15) is 24.3 Å². The van der Waals surface area contributed by atoms with E-state index in [0.717, 1.165) is 55.8 Å². The van der Waals surface area contributed by atoms with Crippen LogP contribution in [0.4, 0.5) is 21.7 Å². The lowest BCUT2D eigenvalue weighted by Gasteiger charge is -2.30. The monoisotopic (exact) mass is 505 g/mol. The molecule has 1 saturated carbocycles. The number of benzene rings is 1. The molecule has 8 nitrogen and oxygen atoms in total. The summed E-state index contributed by atoms with van der Waals surface area (Å²) in [5.74, 6) is 2.40. The molecule has 0 amide bonds. The van der Waals surface area contributed by atoms with E-state index < -0.39 is 5.82 Å². The molecular formula is C26H25ClFN7O.